The molecule has 0 radical (unpaired) electrons. The van der Waals surface area contributed by atoms with Gasteiger partial charge in [-0.15, -0.1) is 0 Å². The number of hydrogen-bond donors (Lipinski definition) is 1. The lowest BCUT2D eigenvalue weighted by molar-refractivity contribution is 0.636. The van der Waals surface area contributed by atoms with E-state index < -0.39 is 0 Å². The Labute approximate surface area is 85.7 Å². The summed E-state index contributed by atoms with van der Waals surface area (Å²) in [5, 5.41) is 0. The van der Waals surface area contributed by atoms with Crippen molar-refractivity contribution in [2.75, 3.05) is 18.5 Å². The number of rotatable bonds is 3. The molecule has 0 aliphatic heterocycles. The molecule has 1 fully saturated rings. The van der Waals surface area contributed by atoms with Gasteiger partial charge in [0.2, 0.25) is 0 Å². The molecule has 76 valence electrons. The molecule has 0 unspecified atom stereocenters. The summed E-state index contributed by atoms with van der Waals surface area (Å²) in [4.78, 5) is 2.33. The van der Waals surface area contributed by atoms with Gasteiger partial charge in [-0.25, -0.2) is 0 Å². The maximum absolute atomic E-state index is 5.80. The lowest BCUT2D eigenvalue weighted by Crippen LogP contribution is -2.40. The Morgan fingerprint density at radius 3 is 2.64 bits per heavy atom. The molecule has 1 aliphatic rings. The van der Waals surface area contributed by atoms with Gasteiger partial charge < -0.3 is 10.6 Å². The van der Waals surface area contributed by atoms with Crippen LogP contribution in [0.5, 0.6) is 0 Å². The van der Waals surface area contributed by atoms with Crippen LogP contribution in [-0.4, -0.2) is 19.1 Å². The van der Waals surface area contributed by atoms with Crippen molar-refractivity contribution in [2.24, 2.45) is 5.73 Å². The van der Waals surface area contributed by atoms with E-state index in [1.165, 1.54) is 24.1 Å². The Morgan fingerprint density at radius 1 is 1.43 bits per heavy atom. The Kier molecular flexibility index (Phi) is 2.23. The molecule has 1 saturated carbocycles. The summed E-state index contributed by atoms with van der Waals surface area (Å²) in [7, 11) is 2.15. The molecule has 0 heterocycles. The highest BCUT2D eigenvalue weighted by Gasteiger charge is 2.45. The van der Waals surface area contributed by atoms with Gasteiger partial charge in [0.15, 0.2) is 0 Å². The predicted octanol–water partition coefficient (Wildman–Crippen LogP) is 1.92. The van der Waals surface area contributed by atoms with Gasteiger partial charge in [-0.1, -0.05) is 12.1 Å². The van der Waals surface area contributed by atoms with Crippen LogP contribution in [0, 0.1) is 6.92 Å². The first-order valence-corrected chi connectivity index (χ1v) is 5.18. The number of aryl methyl sites for hydroxylation is 1. The van der Waals surface area contributed by atoms with Crippen LogP contribution in [0.2, 0.25) is 0 Å². The molecule has 1 aliphatic carbocycles. The van der Waals surface area contributed by atoms with Gasteiger partial charge in [0.1, 0.15) is 0 Å². The minimum absolute atomic E-state index is 0.258. The molecule has 2 N–H and O–H groups in total. The van der Waals surface area contributed by atoms with E-state index in [1.807, 2.05) is 0 Å². The SMILES string of the molecule is Cc1cccc(N(C)C2(CN)CC2)c1. The summed E-state index contributed by atoms with van der Waals surface area (Å²) in [6.07, 6.45) is 2.46. The Hall–Kier alpha value is -1.02. The van der Waals surface area contributed by atoms with E-state index in [0.717, 1.165) is 6.54 Å². The van der Waals surface area contributed by atoms with Crippen LogP contribution in [0.3, 0.4) is 0 Å². The third-order valence-corrected chi connectivity index (χ3v) is 3.31. The molecule has 0 amide bonds. The summed E-state index contributed by atoms with van der Waals surface area (Å²) >= 11 is 0. The molecule has 0 spiro atoms. The largest absolute Gasteiger partial charge is 0.368 e. The van der Waals surface area contributed by atoms with Gasteiger partial charge in [-0.05, 0) is 37.5 Å². The van der Waals surface area contributed by atoms with E-state index in [-0.39, 0.29) is 5.54 Å². The average Bonchev–Trinajstić information content (AvgIpc) is 2.97. The minimum atomic E-state index is 0.258. The zero-order valence-electron chi connectivity index (χ0n) is 8.96. The number of anilines is 1. The number of nitrogens with two attached hydrogens (primary N) is 1. The van der Waals surface area contributed by atoms with E-state index in [2.05, 4.69) is 43.1 Å². The highest BCUT2D eigenvalue weighted by molar-refractivity contribution is 5.52. The monoisotopic (exact) mass is 190 g/mol. The van der Waals surface area contributed by atoms with Crippen molar-refractivity contribution in [1.29, 1.82) is 0 Å². The van der Waals surface area contributed by atoms with Crippen LogP contribution < -0.4 is 10.6 Å². The molecule has 2 nitrogen and oxygen atoms in total. The summed E-state index contributed by atoms with van der Waals surface area (Å²) in [5.41, 5.74) is 8.65. The first kappa shape index (κ1) is 9.53. The van der Waals surface area contributed by atoms with Gasteiger partial charge in [-0.3, -0.25) is 0 Å². The third-order valence-electron chi connectivity index (χ3n) is 3.31. The Balaban J connectivity index is 2.23. The second-order valence-corrected chi connectivity index (χ2v) is 4.33. The lowest BCUT2D eigenvalue weighted by Gasteiger charge is -2.29. The first-order valence-electron chi connectivity index (χ1n) is 5.18. The molecule has 0 aromatic heterocycles. The van der Waals surface area contributed by atoms with E-state index in [1.54, 1.807) is 0 Å². The maximum atomic E-state index is 5.80. The number of nitrogens with zero attached hydrogens (tertiary/aromatic N) is 1. The second kappa shape index (κ2) is 3.28. The predicted molar refractivity (Wildman–Crippen MR) is 60.6 cm³/mol. The smallest absolute Gasteiger partial charge is 0.0522 e. The van der Waals surface area contributed by atoms with Crippen LogP contribution in [0.1, 0.15) is 18.4 Å². The molecule has 14 heavy (non-hydrogen) atoms. The zero-order chi connectivity index (χ0) is 10.2. The van der Waals surface area contributed by atoms with Crippen LogP contribution in [0.25, 0.3) is 0 Å². The molecule has 0 bridgehead atoms. The Morgan fingerprint density at radius 2 is 2.14 bits per heavy atom. The van der Waals surface area contributed by atoms with E-state index >= 15 is 0 Å². The molecule has 1 aromatic rings. The van der Waals surface area contributed by atoms with Crippen molar-refractivity contribution in [3.05, 3.63) is 29.8 Å². The van der Waals surface area contributed by atoms with E-state index in [4.69, 9.17) is 5.73 Å². The van der Waals surface area contributed by atoms with Gasteiger partial charge >= 0.3 is 0 Å². The van der Waals surface area contributed by atoms with Crippen LogP contribution in [0.4, 0.5) is 5.69 Å². The molecule has 2 rings (SSSR count). The van der Waals surface area contributed by atoms with E-state index in [9.17, 15) is 0 Å². The quantitative estimate of drug-likeness (QED) is 0.789. The molecule has 1 aromatic carbocycles. The molecular formula is C12H18N2. The third kappa shape index (κ3) is 1.50. The van der Waals surface area contributed by atoms with Crippen LogP contribution >= 0.6 is 0 Å². The highest BCUT2D eigenvalue weighted by atomic mass is 15.2. The zero-order valence-corrected chi connectivity index (χ0v) is 8.96. The normalized spacial score (nSPS) is 17.9. The first-order chi connectivity index (χ1) is 6.68. The van der Waals surface area contributed by atoms with Crippen LogP contribution in [0.15, 0.2) is 24.3 Å². The van der Waals surface area contributed by atoms with Gasteiger partial charge in [-0.2, -0.15) is 0 Å². The molecule has 2 heteroatoms. The molecule has 0 atom stereocenters. The standard InChI is InChI=1S/C12H18N2/c1-10-4-3-5-11(8-10)14(2)12(9-13)6-7-12/h3-5,8H,6-7,9,13H2,1-2H3. The summed E-state index contributed by atoms with van der Waals surface area (Å²) in [5.74, 6) is 0. The van der Waals surface area contributed by atoms with Crippen LogP contribution in [-0.2, 0) is 0 Å². The molecule has 0 saturated heterocycles. The lowest BCUT2D eigenvalue weighted by atomic mass is 10.1. The van der Waals surface area contributed by atoms with Crippen molar-refractivity contribution in [2.45, 2.75) is 25.3 Å². The number of hydrogen-bond acceptors (Lipinski definition) is 2. The number of benzene rings is 1. The maximum Gasteiger partial charge on any atom is 0.0522 e. The van der Waals surface area contributed by atoms with Gasteiger partial charge in [0, 0.05) is 19.3 Å². The Bertz CT molecular complexity index is 329. The van der Waals surface area contributed by atoms with Gasteiger partial charge in [0.05, 0.1) is 5.54 Å². The van der Waals surface area contributed by atoms with Gasteiger partial charge in [0.25, 0.3) is 0 Å². The topological polar surface area (TPSA) is 29.3 Å². The van der Waals surface area contributed by atoms with Crippen molar-refractivity contribution in [3.63, 3.8) is 0 Å². The highest BCUT2D eigenvalue weighted by Crippen LogP contribution is 2.42. The van der Waals surface area contributed by atoms with Crippen molar-refractivity contribution < 1.29 is 0 Å². The summed E-state index contributed by atoms with van der Waals surface area (Å²) < 4.78 is 0. The second-order valence-electron chi connectivity index (χ2n) is 4.33. The molecular weight excluding hydrogens is 172 g/mol. The van der Waals surface area contributed by atoms with Crippen molar-refractivity contribution in [3.8, 4) is 0 Å². The fourth-order valence-electron chi connectivity index (χ4n) is 1.93. The fourth-order valence-corrected chi connectivity index (χ4v) is 1.93. The minimum Gasteiger partial charge on any atom is -0.368 e. The fraction of sp³-hybridized carbons (Fsp3) is 0.500. The van der Waals surface area contributed by atoms with Crippen molar-refractivity contribution in [1.82, 2.24) is 0 Å². The summed E-state index contributed by atoms with van der Waals surface area (Å²) in [6, 6.07) is 8.60. The number of likely N-dealkylation sites (N-methyl/N-ethyl adjacent to an activating group) is 1. The summed E-state index contributed by atoms with van der Waals surface area (Å²) in [6.45, 7) is 2.89. The van der Waals surface area contributed by atoms with Crippen molar-refractivity contribution >= 4 is 5.69 Å². The van der Waals surface area contributed by atoms with E-state index in [0.29, 0.717) is 0 Å². The average molecular weight is 190 g/mol.